The summed E-state index contributed by atoms with van der Waals surface area (Å²) in [5.74, 6) is 0.0195. The molecule has 0 saturated carbocycles. The molecule has 0 amide bonds. The lowest BCUT2D eigenvalue weighted by atomic mass is 10.1. The van der Waals surface area contributed by atoms with Crippen molar-refractivity contribution >= 4 is 12.3 Å². The van der Waals surface area contributed by atoms with Gasteiger partial charge >= 0.3 is 5.97 Å². The van der Waals surface area contributed by atoms with Crippen molar-refractivity contribution in [3.8, 4) is 5.75 Å². The average molecular weight is 402 g/mol. The molecule has 0 aromatic heterocycles. The molecule has 154 valence electrons. The minimum absolute atomic E-state index is 0.285. The van der Waals surface area contributed by atoms with E-state index in [-0.39, 0.29) is 6.61 Å². The molecule has 0 spiro atoms. The zero-order chi connectivity index (χ0) is 21.3. The topological polar surface area (TPSA) is 52.6 Å². The number of esters is 1. The van der Waals surface area contributed by atoms with Crippen molar-refractivity contribution in [1.82, 2.24) is 0 Å². The largest absolute Gasteiger partial charge is 0.492 e. The zero-order valence-electron chi connectivity index (χ0n) is 17.4. The van der Waals surface area contributed by atoms with Crippen LogP contribution in [0, 0.1) is 13.8 Å². The summed E-state index contributed by atoms with van der Waals surface area (Å²) in [6.07, 6.45) is 2.09. The molecule has 0 saturated heterocycles. The molecule has 0 N–H and O–H groups in total. The van der Waals surface area contributed by atoms with Crippen LogP contribution in [0.1, 0.15) is 43.0 Å². The van der Waals surface area contributed by atoms with Crippen molar-refractivity contribution in [2.75, 3.05) is 13.2 Å². The van der Waals surface area contributed by atoms with Gasteiger partial charge in [0.25, 0.3) is 0 Å². The highest BCUT2D eigenvalue weighted by Gasteiger charge is 2.12. The Bertz CT molecular complexity index is 1020. The molecular weight excluding hydrogens is 376 g/mol. The molecule has 0 atom stereocenters. The number of rotatable bonds is 9. The van der Waals surface area contributed by atoms with Gasteiger partial charge in [-0.15, -0.1) is 0 Å². The van der Waals surface area contributed by atoms with Gasteiger partial charge in [0.15, 0.2) is 6.29 Å². The van der Waals surface area contributed by atoms with Crippen molar-refractivity contribution in [1.29, 1.82) is 0 Å². The number of ether oxygens (including phenoxy) is 2. The molecule has 0 unspecified atom stereocenters. The summed E-state index contributed by atoms with van der Waals surface area (Å²) in [6.45, 7) is 4.81. The van der Waals surface area contributed by atoms with Gasteiger partial charge in [-0.3, -0.25) is 4.79 Å². The Morgan fingerprint density at radius 1 is 0.833 bits per heavy atom. The van der Waals surface area contributed by atoms with E-state index in [0.29, 0.717) is 36.2 Å². The average Bonchev–Trinajstić information content (AvgIpc) is 2.74. The molecule has 0 fully saturated rings. The Balaban J connectivity index is 1.54. The van der Waals surface area contributed by atoms with Crippen LogP contribution in [0.15, 0.2) is 66.7 Å². The number of carbonyl (C=O) groups excluding carboxylic acids is 2. The van der Waals surface area contributed by atoms with Crippen LogP contribution >= 0.6 is 0 Å². The summed E-state index contributed by atoms with van der Waals surface area (Å²) in [5.41, 5.74) is 5.35. The Kier molecular flexibility index (Phi) is 7.39. The van der Waals surface area contributed by atoms with Gasteiger partial charge in [0.1, 0.15) is 5.75 Å². The van der Waals surface area contributed by atoms with Crippen LogP contribution in [-0.4, -0.2) is 25.5 Å². The summed E-state index contributed by atoms with van der Waals surface area (Å²) in [4.78, 5) is 23.8. The Labute approximate surface area is 177 Å². The SMILES string of the molecule is Cc1cccc(CCOC(=O)c2ccc(OCCc3cccc(C)c3)c(C=O)c2)c1. The highest BCUT2D eigenvalue weighted by molar-refractivity contribution is 5.92. The number of hydrogen-bond donors (Lipinski definition) is 0. The third kappa shape index (κ3) is 6.05. The fourth-order valence-electron chi connectivity index (χ4n) is 3.26. The Morgan fingerprint density at radius 2 is 1.47 bits per heavy atom. The van der Waals surface area contributed by atoms with E-state index in [1.807, 2.05) is 50.2 Å². The van der Waals surface area contributed by atoms with E-state index in [1.165, 1.54) is 22.8 Å². The Morgan fingerprint density at radius 3 is 2.07 bits per heavy atom. The number of aryl methyl sites for hydroxylation is 2. The molecular formula is C26H26O4. The molecule has 0 aliphatic rings. The summed E-state index contributed by atoms with van der Waals surface area (Å²) in [7, 11) is 0. The molecule has 0 heterocycles. The number of benzene rings is 3. The van der Waals surface area contributed by atoms with E-state index in [2.05, 4.69) is 12.1 Å². The fourth-order valence-corrected chi connectivity index (χ4v) is 3.26. The van der Waals surface area contributed by atoms with Crippen molar-refractivity contribution in [3.05, 3.63) is 100 Å². The van der Waals surface area contributed by atoms with Gasteiger partial charge in [0.05, 0.1) is 24.3 Å². The monoisotopic (exact) mass is 402 g/mol. The van der Waals surface area contributed by atoms with Gasteiger partial charge in [0, 0.05) is 12.8 Å². The molecule has 3 aromatic rings. The maximum atomic E-state index is 12.3. The number of hydrogen-bond acceptors (Lipinski definition) is 4. The minimum Gasteiger partial charge on any atom is -0.492 e. The van der Waals surface area contributed by atoms with Crippen LogP contribution in [0.2, 0.25) is 0 Å². The van der Waals surface area contributed by atoms with Crippen LogP contribution in [0.3, 0.4) is 0 Å². The van der Waals surface area contributed by atoms with Gasteiger partial charge in [0.2, 0.25) is 0 Å². The number of carbonyl (C=O) groups is 2. The molecule has 0 aliphatic heterocycles. The van der Waals surface area contributed by atoms with Crippen LogP contribution in [-0.2, 0) is 17.6 Å². The Hall–Kier alpha value is -3.40. The van der Waals surface area contributed by atoms with E-state index in [1.54, 1.807) is 12.1 Å². The molecule has 4 heteroatoms. The second kappa shape index (κ2) is 10.4. The lowest BCUT2D eigenvalue weighted by molar-refractivity contribution is 0.0509. The van der Waals surface area contributed by atoms with E-state index in [9.17, 15) is 9.59 Å². The maximum Gasteiger partial charge on any atom is 0.338 e. The van der Waals surface area contributed by atoms with Gasteiger partial charge < -0.3 is 9.47 Å². The standard InChI is InChI=1S/C26H26O4/c1-19-5-3-7-21(15-19)11-13-29-25-10-9-23(17-24(25)18-27)26(28)30-14-12-22-8-4-6-20(2)16-22/h3-10,15-18H,11-14H2,1-2H3. The molecule has 30 heavy (non-hydrogen) atoms. The summed E-state index contributed by atoms with van der Waals surface area (Å²) < 4.78 is 11.1. The summed E-state index contributed by atoms with van der Waals surface area (Å²) in [5, 5.41) is 0. The van der Waals surface area contributed by atoms with Crippen LogP contribution < -0.4 is 4.74 Å². The van der Waals surface area contributed by atoms with E-state index < -0.39 is 5.97 Å². The van der Waals surface area contributed by atoms with Crippen molar-refractivity contribution in [2.45, 2.75) is 26.7 Å². The number of aldehydes is 1. The van der Waals surface area contributed by atoms with Crippen molar-refractivity contribution in [2.24, 2.45) is 0 Å². The summed E-state index contributed by atoms with van der Waals surface area (Å²) >= 11 is 0. The van der Waals surface area contributed by atoms with Gasteiger partial charge in [-0.1, -0.05) is 59.7 Å². The van der Waals surface area contributed by atoms with E-state index >= 15 is 0 Å². The highest BCUT2D eigenvalue weighted by Crippen LogP contribution is 2.20. The van der Waals surface area contributed by atoms with Crippen LogP contribution in [0.5, 0.6) is 5.75 Å². The molecule has 0 radical (unpaired) electrons. The predicted octanol–water partition coefficient (Wildman–Crippen LogP) is 5.14. The van der Waals surface area contributed by atoms with Crippen molar-refractivity contribution in [3.63, 3.8) is 0 Å². The first kappa shape index (κ1) is 21.3. The smallest absolute Gasteiger partial charge is 0.338 e. The van der Waals surface area contributed by atoms with Crippen LogP contribution in [0.25, 0.3) is 0 Å². The van der Waals surface area contributed by atoms with Crippen LogP contribution in [0.4, 0.5) is 0 Å². The van der Waals surface area contributed by atoms with Gasteiger partial charge in [-0.05, 0) is 43.2 Å². The molecule has 4 nitrogen and oxygen atoms in total. The summed E-state index contributed by atoms with van der Waals surface area (Å²) in [6, 6.07) is 21.1. The minimum atomic E-state index is -0.447. The van der Waals surface area contributed by atoms with E-state index in [4.69, 9.17) is 9.47 Å². The normalized spacial score (nSPS) is 10.5. The zero-order valence-corrected chi connectivity index (χ0v) is 17.4. The van der Waals surface area contributed by atoms with E-state index in [0.717, 1.165) is 12.0 Å². The first-order valence-electron chi connectivity index (χ1n) is 10.1. The first-order chi connectivity index (χ1) is 14.5. The second-order valence-corrected chi connectivity index (χ2v) is 7.33. The maximum absolute atomic E-state index is 12.3. The third-order valence-corrected chi connectivity index (χ3v) is 4.81. The van der Waals surface area contributed by atoms with Crippen molar-refractivity contribution < 1.29 is 19.1 Å². The molecule has 0 aliphatic carbocycles. The second-order valence-electron chi connectivity index (χ2n) is 7.33. The molecule has 0 bridgehead atoms. The quantitative estimate of drug-likeness (QED) is 0.367. The highest BCUT2D eigenvalue weighted by atomic mass is 16.5. The van der Waals surface area contributed by atoms with Gasteiger partial charge in [-0.2, -0.15) is 0 Å². The lowest BCUT2D eigenvalue weighted by Gasteiger charge is -2.11. The molecule has 3 aromatic carbocycles. The molecule has 3 rings (SSSR count). The lowest BCUT2D eigenvalue weighted by Crippen LogP contribution is -2.09. The fraction of sp³-hybridized carbons (Fsp3) is 0.231. The predicted molar refractivity (Wildman–Crippen MR) is 117 cm³/mol. The van der Waals surface area contributed by atoms with Gasteiger partial charge in [-0.25, -0.2) is 4.79 Å². The first-order valence-corrected chi connectivity index (χ1v) is 10.1. The third-order valence-electron chi connectivity index (χ3n) is 4.81.